The maximum absolute atomic E-state index is 13.6. The molecule has 0 aliphatic heterocycles. The van der Waals surface area contributed by atoms with E-state index in [1.54, 1.807) is 12.1 Å². The smallest absolute Gasteiger partial charge is 0.273 e. The third-order valence-electron chi connectivity index (χ3n) is 7.25. The molecule has 0 unspecified atom stereocenters. The number of aryl methyl sites for hydroxylation is 2. The molecular formula is C27H35N5O4SSi. The molecule has 2 aliphatic rings. The van der Waals surface area contributed by atoms with Crippen molar-refractivity contribution in [2.24, 2.45) is 5.73 Å². The van der Waals surface area contributed by atoms with Gasteiger partial charge in [-0.15, -0.1) is 5.10 Å². The van der Waals surface area contributed by atoms with E-state index in [2.05, 4.69) is 41.1 Å². The highest BCUT2D eigenvalue weighted by molar-refractivity contribution is 7.91. The number of nitrogens with two attached hydrogens (primary N) is 1. The minimum Gasteiger partial charge on any atom is -0.366 e. The van der Waals surface area contributed by atoms with Gasteiger partial charge in [0.2, 0.25) is 21.7 Å². The van der Waals surface area contributed by atoms with Crippen molar-refractivity contribution in [1.82, 2.24) is 14.8 Å². The highest BCUT2D eigenvalue weighted by Crippen LogP contribution is 2.40. The Kier molecular flexibility index (Phi) is 7.18. The fourth-order valence-corrected chi connectivity index (χ4v) is 7.31. The summed E-state index contributed by atoms with van der Waals surface area (Å²) >= 11 is 0. The number of nitrogens with zero attached hydrogens (tertiary/aromatic N) is 3. The first kappa shape index (κ1) is 26.6. The van der Waals surface area contributed by atoms with Gasteiger partial charge in [-0.1, -0.05) is 37.8 Å². The van der Waals surface area contributed by atoms with Crippen LogP contribution in [0.5, 0.6) is 0 Å². The maximum atomic E-state index is 13.6. The monoisotopic (exact) mass is 553 g/mol. The van der Waals surface area contributed by atoms with Crippen LogP contribution in [-0.2, 0) is 47.0 Å². The number of primary amides is 1. The fraction of sp³-hybridized carbons (Fsp3) is 0.444. The minimum atomic E-state index is -4.22. The van der Waals surface area contributed by atoms with Crippen molar-refractivity contribution in [2.45, 2.75) is 81.0 Å². The number of nitrogens with one attached hydrogen (secondary N) is 1. The molecule has 3 N–H and O–H groups in total. The van der Waals surface area contributed by atoms with E-state index in [1.807, 2.05) is 0 Å². The molecule has 38 heavy (non-hydrogen) atoms. The number of carbonyl (C=O) groups excluding carboxylic acids is 1. The molecule has 0 bridgehead atoms. The van der Waals surface area contributed by atoms with Gasteiger partial charge in [0, 0.05) is 20.4 Å². The van der Waals surface area contributed by atoms with Crippen LogP contribution >= 0.6 is 0 Å². The summed E-state index contributed by atoms with van der Waals surface area (Å²) in [6, 6.07) is 9.18. The second kappa shape index (κ2) is 10.3. The first-order chi connectivity index (χ1) is 18.0. The number of anilines is 2. The Labute approximate surface area is 224 Å². The molecule has 0 saturated heterocycles. The predicted octanol–water partition coefficient (Wildman–Crippen LogP) is 4.24. The van der Waals surface area contributed by atoms with Gasteiger partial charge < -0.3 is 15.8 Å². The number of aromatic nitrogens is 3. The van der Waals surface area contributed by atoms with Crippen LogP contribution in [0.15, 0.2) is 40.4 Å². The molecule has 0 radical (unpaired) electrons. The zero-order chi connectivity index (χ0) is 27.1. The molecular weight excluding hydrogens is 518 g/mol. The minimum absolute atomic E-state index is 0.0595. The van der Waals surface area contributed by atoms with Crippen molar-refractivity contribution < 1.29 is 17.9 Å². The molecule has 1 heterocycles. The number of hydrogen-bond donors (Lipinski definition) is 2. The number of carbonyl (C=O) groups is 1. The molecule has 0 spiro atoms. The van der Waals surface area contributed by atoms with E-state index in [-0.39, 0.29) is 17.2 Å². The highest BCUT2D eigenvalue weighted by Gasteiger charge is 2.30. The molecule has 2 aromatic carbocycles. The summed E-state index contributed by atoms with van der Waals surface area (Å²) in [4.78, 5) is 16.2. The average molecular weight is 554 g/mol. The van der Waals surface area contributed by atoms with E-state index >= 15 is 0 Å². The Hall–Kier alpha value is -3.02. The standard InChI is InChI=1S/C27H35N5O4SSi/c1-38(2,3)15-14-36-17-32-26(29-24-20-11-6-8-18(20)16-19-9-7-12-21(19)24)30-27(31-32)37(34,35)23-13-5-4-10-22(23)25(28)33/h4-5,10,13,16H,6-9,11-12,14-15,17H2,1-3H3,(H2,28,33)(H,29,30,31). The van der Waals surface area contributed by atoms with Gasteiger partial charge in [0.15, 0.2) is 0 Å². The SMILES string of the molecule is C[Si](C)(C)CCOCn1nc(S(=O)(=O)c2ccccc2C(N)=O)nc1Nc1c2c(cc3c1CCC3)CCC2. The normalized spacial score (nSPS) is 14.9. The first-order valence-electron chi connectivity index (χ1n) is 13.1. The van der Waals surface area contributed by atoms with Crippen LogP contribution in [0.1, 0.15) is 45.5 Å². The van der Waals surface area contributed by atoms with E-state index in [0.717, 1.165) is 50.3 Å². The lowest BCUT2D eigenvalue weighted by Gasteiger charge is -2.18. The van der Waals surface area contributed by atoms with E-state index in [0.29, 0.717) is 12.6 Å². The third-order valence-corrected chi connectivity index (χ3v) is 10.5. The molecule has 202 valence electrons. The topological polar surface area (TPSA) is 129 Å². The highest BCUT2D eigenvalue weighted by atomic mass is 32.2. The summed E-state index contributed by atoms with van der Waals surface area (Å²) < 4.78 is 34.6. The summed E-state index contributed by atoms with van der Waals surface area (Å²) in [6.45, 7) is 7.43. The summed E-state index contributed by atoms with van der Waals surface area (Å²) in [5, 5.41) is 7.44. The van der Waals surface area contributed by atoms with Crippen LogP contribution in [0.3, 0.4) is 0 Å². The maximum Gasteiger partial charge on any atom is 0.273 e. The van der Waals surface area contributed by atoms with E-state index in [1.165, 1.54) is 39.1 Å². The average Bonchev–Trinajstić information content (AvgIpc) is 3.61. The second-order valence-electron chi connectivity index (χ2n) is 11.3. The quantitative estimate of drug-likeness (QED) is 0.284. The molecule has 1 aromatic heterocycles. The molecule has 3 aromatic rings. The zero-order valence-corrected chi connectivity index (χ0v) is 24.0. The molecule has 2 aliphatic carbocycles. The Morgan fingerprint density at radius 3 is 2.37 bits per heavy atom. The lowest BCUT2D eigenvalue weighted by molar-refractivity contribution is 0.0792. The number of sulfone groups is 1. The van der Waals surface area contributed by atoms with Crippen molar-refractivity contribution in [3.8, 4) is 0 Å². The molecule has 5 rings (SSSR count). The number of rotatable bonds is 10. The zero-order valence-electron chi connectivity index (χ0n) is 22.2. The molecule has 1 amide bonds. The Morgan fingerprint density at radius 2 is 1.74 bits per heavy atom. The van der Waals surface area contributed by atoms with E-state index < -0.39 is 29.0 Å². The lowest BCUT2D eigenvalue weighted by Crippen LogP contribution is -2.22. The van der Waals surface area contributed by atoms with Crippen molar-refractivity contribution in [1.29, 1.82) is 0 Å². The van der Waals surface area contributed by atoms with Crippen LogP contribution in [0.4, 0.5) is 11.6 Å². The van der Waals surface area contributed by atoms with Gasteiger partial charge in [0.05, 0.1) is 10.5 Å². The number of amides is 1. The molecule has 0 fully saturated rings. The number of hydrogen-bond acceptors (Lipinski definition) is 7. The lowest BCUT2D eigenvalue weighted by atomic mass is 9.99. The van der Waals surface area contributed by atoms with Crippen molar-refractivity contribution in [2.75, 3.05) is 11.9 Å². The Balaban J connectivity index is 1.54. The van der Waals surface area contributed by atoms with Crippen molar-refractivity contribution >= 4 is 35.5 Å². The van der Waals surface area contributed by atoms with E-state index in [4.69, 9.17) is 10.5 Å². The Bertz CT molecular complexity index is 1460. The first-order valence-corrected chi connectivity index (χ1v) is 18.3. The van der Waals surface area contributed by atoms with Crippen LogP contribution < -0.4 is 11.1 Å². The van der Waals surface area contributed by atoms with Gasteiger partial charge in [0.1, 0.15) is 6.73 Å². The van der Waals surface area contributed by atoms with Gasteiger partial charge in [0.25, 0.3) is 5.16 Å². The molecule has 0 atom stereocenters. The van der Waals surface area contributed by atoms with Crippen LogP contribution in [0.2, 0.25) is 25.7 Å². The largest absolute Gasteiger partial charge is 0.366 e. The summed E-state index contributed by atoms with van der Waals surface area (Å²) in [7, 11) is -5.52. The van der Waals surface area contributed by atoms with Crippen LogP contribution in [-0.4, -0.2) is 43.8 Å². The van der Waals surface area contributed by atoms with E-state index in [9.17, 15) is 13.2 Å². The number of fused-ring (bicyclic) bond motifs is 2. The van der Waals surface area contributed by atoms with Gasteiger partial charge in [-0.2, -0.15) is 4.98 Å². The van der Waals surface area contributed by atoms with Crippen LogP contribution in [0.25, 0.3) is 0 Å². The van der Waals surface area contributed by atoms with Gasteiger partial charge in [-0.25, -0.2) is 13.1 Å². The summed E-state index contributed by atoms with van der Waals surface area (Å²) in [5.41, 5.74) is 11.7. The molecule has 11 heteroatoms. The van der Waals surface area contributed by atoms with Gasteiger partial charge >= 0.3 is 0 Å². The third kappa shape index (κ3) is 5.27. The Morgan fingerprint density at radius 1 is 1.08 bits per heavy atom. The van der Waals surface area contributed by atoms with Crippen molar-refractivity contribution in [3.05, 3.63) is 58.1 Å². The predicted molar refractivity (Wildman–Crippen MR) is 148 cm³/mol. The molecule has 9 nitrogen and oxygen atoms in total. The second-order valence-corrected chi connectivity index (χ2v) is 18.7. The summed E-state index contributed by atoms with van der Waals surface area (Å²) in [5.74, 6) is -0.519. The number of benzene rings is 2. The summed E-state index contributed by atoms with van der Waals surface area (Å²) in [6.07, 6.45) is 6.25. The molecule has 0 saturated carbocycles. The van der Waals surface area contributed by atoms with Crippen molar-refractivity contribution in [3.63, 3.8) is 0 Å². The number of ether oxygens (including phenoxy) is 1. The van der Waals surface area contributed by atoms with Gasteiger partial charge in [-0.05, 0) is 79.0 Å². The van der Waals surface area contributed by atoms with Crippen LogP contribution in [0, 0.1) is 0 Å². The van der Waals surface area contributed by atoms with Gasteiger partial charge in [-0.3, -0.25) is 4.79 Å². The fourth-order valence-electron chi connectivity index (χ4n) is 5.23.